The summed E-state index contributed by atoms with van der Waals surface area (Å²) in [6.45, 7) is 2.33. The van der Waals surface area contributed by atoms with Crippen molar-refractivity contribution in [2.45, 2.75) is 6.92 Å². The van der Waals surface area contributed by atoms with E-state index < -0.39 is 11.8 Å². The largest absolute Gasteiger partial charge is 0.493 e. The van der Waals surface area contributed by atoms with E-state index in [4.69, 9.17) is 28.6 Å². The van der Waals surface area contributed by atoms with Crippen LogP contribution >= 0.6 is 23.8 Å². The van der Waals surface area contributed by atoms with E-state index >= 15 is 0 Å². The molecule has 4 rings (SSSR count). The number of anilines is 1. The Hall–Kier alpha value is -3.22. The Morgan fingerprint density at radius 2 is 1.80 bits per heavy atom. The zero-order valence-electron chi connectivity index (χ0n) is 16.0. The van der Waals surface area contributed by atoms with E-state index in [9.17, 15) is 9.59 Å². The Balaban J connectivity index is 1.85. The third-order valence-electron chi connectivity index (χ3n) is 4.71. The van der Waals surface area contributed by atoms with Crippen LogP contribution in [0.15, 0.2) is 66.2 Å². The predicted octanol–water partition coefficient (Wildman–Crippen LogP) is 4.72. The molecule has 0 atom stereocenters. The van der Waals surface area contributed by atoms with Gasteiger partial charge >= 0.3 is 0 Å². The van der Waals surface area contributed by atoms with Gasteiger partial charge in [0, 0.05) is 10.6 Å². The number of halogens is 1. The van der Waals surface area contributed by atoms with Crippen molar-refractivity contribution in [3.63, 3.8) is 0 Å². The van der Waals surface area contributed by atoms with Crippen molar-refractivity contribution in [2.24, 2.45) is 0 Å². The minimum absolute atomic E-state index is 0.0208. The van der Waals surface area contributed by atoms with E-state index in [1.165, 1.54) is 4.90 Å². The third-order valence-corrected chi connectivity index (χ3v) is 5.24. The molecule has 1 fully saturated rings. The first-order valence-electron chi connectivity index (χ1n) is 9.31. The standard InChI is InChI=1S/C23H17ClN2O3S/c1-2-29-20-12-7-14-5-3-4-6-17(14)18(20)13-19-21(27)25-23(30)26(22(19)28)16-10-8-15(24)9-11-16/h3-13H,2H2,1H3,(H,25,27,30). The van der Waals surface area contributed by atoms with Gasteiger partial charge in [0.05, 0.1) is 12.3 Å². The minimum Gasteiger partial charge on any atom is -0.493 e. The van der Waals surface area contributed by atoms with Crippen LogP contribution in [0.25, 0.3) is 16.8 Å². The van der Waals surface area contributed by atoms with E-state index in [1.54, 1.807) is 30.3 Å². The van der Waals surface area contributed by atoms with E-state index in [0.29, 0.717) is 28.6 Å². The Kier molecular flexibility index (Phi) is 5.53. The number of benzene rings is 3. The highest BCUT2D eigenvalue weighted by Crippen LogP contribution is 2.32. The molecule has 5 nitrogen and oxygen atoms in total. The first-order chi connectivity index (χ1) is 14.5. The molecule has 150 valence electrons. The van der Waals surface area contributed by atoms with Gasteiger partial charge in [-0.3, -0.25) is 19.8 Å². The topological polar surface area (TPSA) is 58.6 Å². The van der Waals surface area contributed by atoms with Crippen molar-refractivity contribution in [1.82, 2.24) is 5.32 Å². The van der Waals surface area contributed by atoms with Gasteiger partial charge in [-0.1, -0.05) is 41.9 Å². The summed E-state index contributed by atoms with van der Waals surface area (Å²) in [5.74, 6) is -0.470. The van der Waals surface area contributed by atoms with Crippen LogP contribution < -0.4 is 15.0 Å². The monoisotopic (exact) mass is 436 g/mol. The average molecular weight is 437 g/mol. The van der Waals surface area contributed by atoms with Crippen LogP contribution in [-0.2, 0) is 9.59 Å². The van der Waals surface area contributed by atoms with Gasteiger partial charge in [-0.2, -0.15) is 0 Å². The lowest BCUT2D eigenvalue weighted by Crippen LogP contribution is -2.54. The molecule has 0 aliphatic carbocycles. The van der Waals surface area contributed by atoms with Gasteiger partial charge in [0.2, 0.25) is 0 Å². The lowest BCUT2D eigenvalue weighted by molar-refractivity contribution is -0.122. The summed E-state index contributed by atoms with van der Waals surface area (Å²) in [5.41, 5.74) is 1.15. The molecule has 0 unspecified atom stereocenters. The Morgan fingerprint density at radius 3 is 2.53 bits per heavy atom. The number of hydrogen-bond donors (Lipinski definition) is 1. The van der Waals surface area contributed by atoms with Crippen molar-refractivity contribution in [1.29, 1.82) is 0 Å². The van der Waals surface area contributed by atoms with Gasteiger partial charge in [0.15, 0.2) is 5.11 Å². The van der Waals surface area contributed by atoms with Gasteiger partial charge in [0.1, 0.15) is 11.3 Å². The lowest BCUT2D eigenvalue weighted by Gasteiger charge is -2.29. The highest BCUT2D eigenvalue weighted by molar-refractivity contribution is 7.80. The summed E-state index contributed by atoms with van der Waals surface area (Å²) in [6, 6.07) is 18.2. The molecule has 1 heterocycles. The maximum atomic E-state index is 13.3. The predicted molar refractivity (Wildman–Crippen MR) is 123 cm³/mol. The van der Waals surface area contributed by atoms with Gasteiger partial charge in [0.25, 0.3) is 11.8 Å². The summed E-state index contributed by atoms with van der Waals surface area (Å²) in [4.78, 5) is 27.2. The quantitative estimate of drug-likeness (QED) is 0.365. The first-order valence-corrected chi connectivity index (χ1v) is 10.1. The summed E-state index contributed by atoms with van der Waals surface area (Å²) < 4.78 is 5.76. The highest BCUT2D eigenvalue weighted by Gasteiger charge is 2.34. The van der Waals surface area contributed by atoms with Gasteiger partial charge < -0.3 is 4.74 Å². The molecular weight excluding hydrogens is 420 g/mol. The smallest absolute Gasteiger partial charge is 0.270 e. The average Bonchev–Trinajstić information content (AvgIpc) is 2.73. The molecule has 1 aliphatic heterocycles. The van der Waals surface area contributed by atoms with Crippen LogP contribution in [0.5, 0.6) is 5.75 Å². The van der Waals surface area contributed by atoms with Crippen LogP contribution in [0.1, 0.15) is 12.5 Å². The molecule has 7 heteroatoms. The molecule has 3 aromatic rings. The first kappa shape index (κ1) is 20.1. The van der Waals surface area contributed by atoms with Crippen molar-refractivity contribution in [3.05, 3.63) is 76.8 Å². The zero-order valence-corrected chi connectivity index (χ0v) is 17.6. The van der Waals surface area contributed by atoms with Crippen LogP contribution in [0.4, 0.5) is 5.69 Å². The molecule has 1 saturated heterocycles. The summed E-state index contributed by atoms with van der Waals surface area (Å²) in [6.07, 6.45) is 1.57. The molecule has 0 aromatic heterocycles. The fourth-order valence-electron chi connectivity index (χ4n) is 3.33. The molecule has 0 radical (unpaired) electrons. The number of thiocarbonyl (C=S) groups is 1. The van der Waals surface area contributed by atoms with Crippen LogP contribution in [0.3, 0.4) is 0 Å². The second-order valence-corrected chi connectivity index (χ2v) is 7.39. The molecule has 1 N–H and O–H groups in total. The molecule has 1 aliphatic rings. The second kappa shape index (κ2) is 8.26. The second-order valence-electron chi connectivity index (χ2n) is 6.57. The summed E-state index contributed by atoms with van der Waals surface area (Å²) in [7, 11) is 0. The number of ether oxygens (including phenoxy) is 1. The Bertz CT molecular complexity index is 1200. The number of rotatable bonds is 4. The van der Waals surface area contributed by atoms with Crippen LogP contribution in [-0.4, -0.2) is 23.5 Å². The Labute approximate surface area is 183 Å². The summed E-state index contributed by atoms with van der Waals surface area (Å²) in [5, 5.41) is 5.00. The van der Waals surface area contributed by atoms with E-state index in [2.05, 4.69) is 5.32 Å². The maximum Gasteiger partial charge on any atom is 0.270 e. The van der Waals surface area contributed by atoms with Gasteiger partial charge in [-0.15, -0.1) is 0 Å². The van der Waals surface area contributed by atoms with Crippen molar-refractivity contribution >= 4 is 63.3 Å². The number of carbonyl (C=O) groups excluding carboxylic acids is 2. The fourth-order valence-corrected chi connectivity index (χ4v) is 3.74. The number of carbonyl (C=O) groups is 2. The number of nitrogens with zero attached hydrogens (tertiary/aromatic N) is 1. The molecule has 2 amide bonds. The van der Waals surface area contributed by atoms with Gasteiger partial charge in [-0.05, 0) is 66.3 Å². The third kappa shape index (κ3) is 3.67. The van der Waals surface area contributed by atoms with E-state index in [-0.39, 0.29) is 10.7 Å². The van der Waals surface area contributed by atoms with Crippen molar-refractivity contribution in [2.75, 3.05) is 11.5 Å². The maximum absolute atomic E-state index is 13.3. The fraction of sp³-hybridized carbons (Fsp3) is 0.0870. The van der Waals surface area contributed by atoms with Gasteiger partial charge in [-0.25, -0.2) is 0 Å². The molecule has 30 heavy (non-hydrogen) atoms. The van der Waals surface area contributed by atoms with Crippen molar-refractivity contribution in [3.8, 4) is 5.75 Å². The molecule has 3 aromatic carbocycles. The van der Waals surface area contributed by atoms with Crippen LogP contribution in [0.2, 0.25) is 5.02 Å². The molecule has 0 bridgehead atoms. The number of nitrogens with one attached hydrogen (secondary N) is 1. The van der Waals surface area contributed by atoms with E-state index in [0.717, 1.165) is 10.8 Å². The van der Waals surface area contributed by atoms with Crippen LogP contribution in [0, 0.1) is 0 Å². The normalized spacial score (nSPS) is 15.6. The van der Waals surface area contributed by atoms with E-state index in [1.807, 2.05) is 43.3 Å². The number of amides is 2. The zero-order chi connectivity index (χ0) is 21.3. The molecular formula is C23H17ClN2O3S. The minimum atomic E-state index is -0.550. The Morgan fingerprint density at radius 1 is 1.07 bits per heavy atom. The highest BCUT2D eigenvalue weighted by atomic mass is 35.5. The van der Waals surface area contributed by atoms with Crippen molar-refractivity contribution < 1.29 is 14.3 Å². The SMILES string of the molecule is CCOc1ccc2ccccc2c1C=C1C(=O)NC(=S)N(c2ccc(Cl)cc2)C1=O. The number of hydrogen-bond acceptors (Lipinski definition) is 4. The number of fused-ring (bicyclic) bond motifs is 1. The lowest BCUT2D eigenvalue weighted by atomic mass is 9.99. The summed E-state index contributed by atoms with van der Waals surface area (Å²) >= 11 is 11.2. The molecule has 0 saturated carbocycles. The molecule has 0 spiro atoms.